The Morgan fingerprint density at radius 1 is 0.760 bits per heavy atom. The molecule has 2 aliphatic rings. The van der Waals surface area contributed by atoms with Crippen molar-refractivity contribution in [3.8, 4) is 0 Å². The first-order valence-corrected chi connectivity index (χ1v) is 11.0. The van der Waals surface area contributed by atoms with Gasteiger partial charge in [-0.3, -0.25) is 0 Å². The maximum atomic E-state index is 12.6. The summed E-state index contributed by atoms with van der Waals surface area (Å²) >= 11 is 0. The fourth-order valence-electron chi connectivity index (χ4n) is 3.88. The fourth-order valence-corrected chi connectivity index (χ4v) is 3.88. The summed E-state index contributed by atoms with van der Waals surface area (Å²) in [5, 5.41) is 0. The minimum atomic E-state index is -0.128. The Labute approximate surface area is 157 Å². The van der Waals surface area contributed by atoms with Crippen LogP contribution in [0, 0.1) is 11.7 Å². The molecule has 2 fully saturated rings. The lowest BCUT2D eigenvalue weighted by atomic mass is 9.86. The molecule has 0 saturated heterocycles. The van der Waals surface area contributed by atoms with Crippen LogP contribution < -0.4 is 0 Å². The second-order valence-electron chi connectivity index (χ2n) is 6.83. The Morgan fingerprint density at radius 3 is 1.72 bits per heavy atom. The summed E-state index contributed by atoms with van der Waals surface area (Å²) in [5.74, 6) is 1.67. The van der Waals surface area contributed by atoms with E-state index < -0.39 is 0 Å². The fraction of sp³-hybridized carbons (Fsp3) is 0.750. The van der Waals surface area contributed by atoms with Gasteiger partial charge in [-0.05, 0) is 42.4 Å². The third-order valence-electron chi connectivity index (χ3n) is 5.12. The van der Waals surface area contributed by atoms with Crippen molar-refractivity contribution in [2.24, 2.45) is 5.92 Å². The van der Waals surface area contributed by atoms with Crippen molar-refractivity contribution in [1.82, 2.24) is 0 Å². The lowest BCUT2D eigenvalue weighted by Crippen LogP contribution is -2.04. The third kappa shape index (κ3) is 10.7. The molecule has 2 aliphatic carbocycles. The molecule has 2 saturated carbocycles. The monoisotopic (exact) mass is 350 g/mol. The SMILES string of the molecule is CC.CC.CCCC1CCCCC1.Fc1ccc(C2CCCC2)cc1. The molecule has 0 aromatic heterocycles. The highest BCUT2D eigenvalue weighted by Gasteiger charge is 2.16. The summed E-state index contributed by atoms with van der Waals surface area (Å²) < 4.78 is 12.6. The Balaban J connectivity index is 0.000000396. The van der Waals surface area contributed by atoms with Crippen LogP contribution in [0.4, 0.5) is 4.39 Å². The summed E-state index contributed by atoms with van der Waals surface area (Å²) in [6, 6.07) is 6.97. The van der Waals surface area contributed by atoms with Gasteiger partial charge in [-0.2, -0.15) is 0 Å². The van der Waals surface area contributed by atoms with E-state index >= 15 is 0 Å². The molecule has 0 nitrogen and oxygen atoms in total. The normalized spacial score (nSPS) is 17.4. The van der Waals surface area contributed by atoms with Gasteiger partial charge in [0.2, 0.25) is 0 Å². The van der Waals surface area contributed by atoms with Crippen LogP contribution in [-0.2, 0) is 0 Å². The molecule has 0 bridgehead atoms. The van der Waals surface area contributed by atoms with E-state index in [9.17, 15) is 4.39 Å². The average Bonchev–Trinajstić information content (AvgIpc) is 3.22. The van der Waals surface area contributed by atoms with Crippen LogP contribution in [-0.4, -0.2) is 0 Å². The van der Waals surface area contributed by atoms with Crippen LogP contribution in [0.2, 0.25) is 0 Å². The van der Waals surface area contributed by atoms with Gasteiger partial charge in [0, 0.05) is 0 Å². The first-order valence-electron chi connectivity index (χ1n) is 11.0. The number of benzene rings is 1. The first kappa shape index (κ1) is 24.1. The highest BCUT2D eigenvalue weighted by atomic mass is 19.1. The largest absolute Gasteiger partial charge is 0.207 e. The van der Waals surface area contributed by atoms with Crippen LogP contribution >= 0.6 is 0 Å². The molecular weight excluding hydrogens is 307 g/mol. The van der Waals surface area contributed by atoms with Crippen molar-refractivity contribution in [2.45, 2.75) is 111 Å². The molecule has 1 aromatic carbocycles. The quantitative estimate of drug-likeness (QED) is 0.510. The van der Waals surface area contributed by atoms with E-state index in [4.69, 9.17) is 0 Å². The van der Waals surface area contributed by atoms with Gasteiger partial charge >= 0.3 is 0 Å². The van der Waals surface area contributed by atoms with Crippen molar-refractivity contribution < 1.29 is 4.39 Å². The first-order chi connectivity index (χ1) is 12.3. The lowest BCUT2D eigenvalue weighted by molar-refractivity contribution is 0.336. The van der Waals surface area contributed by atoms with E-state index in [0.29, 0.717) is 5.92 Å². The van der Waals surface area contributed by atoms with Crippen LogP contribution in [0.1, 0.15) is 117 Å². The van der Waals surface area contributed by atoms with E-state index in [1.54, 1.807) is 12.1 Å². The molecule has 1 heteroatoms. The minimum Gasteiger partial charge on any atom is -0.207 e. The van der Waals surface area contributed by atoms with E-state index in [0.717, 1.165) is 5.92 Å². The number of hydrogen-bond acceptors (Lipinski definition) is 0. The maximum absolute atomic E-state index is 12.6. The molecule has 1 aromatic rings. The van der Waals surface area contributed by atoms with E-state index in [1.165, 1.54) is 76.2 Å². The zero-order valence-corrected chi connectivity index (χ0v) is 17.6. The highest BCUT2D eigenvalue weighted by molar-refractivity contribution is 5.21. The van der Waals surface area contributed by atoms with Crippen molar-refractivity contribution >= 4 is 0 Å². The van der Waals surface area contributed by atoms with Gasteiger partial charge in [0.05, 0.1) is 0 Å². The van der Waals surface area contributed by atoms with Crippen molar-refractivity contribution in [2.75, 3.05) is 0 Å². The van der Waals surface area contributed by atoms with Gasteiger partial charge in [-0.15, -0.1) is 0 Å². The third-order valence-corrected chi connectivity index (χ3v) is 5.12. The summed E-state index contributed by atoms with van der Waals surface area (Å²) in [7, 11) is 0. The molecule has 0 heterocycles. The van der Waals surface area contributed by atoms with E-state index in [2.05, 4.69) is 6.92 Å². The van der Waals surface area contributed by atoms with Gasteiger partial charge in [0.15, 0.2) is 0 Å². The lowest BCUT2D eigenvalue weighted by Gasteiger charge is -2.20. The number of halogens is 1. The van der Waals surface area contributed by atoms with Gasteiger partial charge in [0.1, 0.15) is 5.82 Å². The molecular formula is C24H43F. The summed E-state index contributed by atoms with van der Waals surface area (Å²) in [4.78, 5) is 0. The van der Waals surface area contributed by atoms with Gasteiger partial charge in [-0.25, -0.2) is 4.39 Å². The summed E-state index contributed by atoms with van der Waals surface area (Å²) in [6.45, 7) is 10.3. The zero-order valence-electron chi connectivity index (χ0n) is 17.6. The second-order valence-corrected chi connectivity index (χ2v) is 6.83. The van der Waals surface area contributed by atoms with E-state index in [1.807, 2.05) is 39.8 Å². The number of rotatable bonds is 3. The Bertz CT molecular complexity index is 367. The Kier molecular flexibility index (Phi) is 16.0. The van der Waals surface area contributed by atoms with Crippen molar-refractivity contribution in [3.63, 3.8) is 0 Å². The van der Waals surface area contributed by atoms with Crippen LogP contribution in [0.15, 0.2) is 24.3 Å². The van der Waals surface area contributed by atoms with Crippen molar-refractivity contribution in [1.29, 1.82) is 0 Å². The minimum absolute atomic E-state index is 0.128. The highest BCUT2D eigenvalue weighted by Crippen LogP contribution is 2.33. The number of hydrogen-bond donors (Lipinski definition) is 0. The molecule has 0 aliphatic heterocycles. The zero-order chi connectivity index (χ0) is 18.9. The summed E-state index contributed by atoms with van der Waals surface area (Å²) in [6.07, 6.45) is 15.7. The van der Waals surface area contributed by atoms with Gasteiger partial charge in [0.25, 0.3) is 0 Å². The maximum Gasteiger partial charge on any atom is 0.123 e. The molecule has 146 valence electrons. The van der Waals surface area contributed by atoms with E-state index in [-0.39, 0.29) is 5.82 Å². The molecule has 0 radical (unpaired) electrons. The predicted molar refractivity (Wildman–Crippen MR) is 112 cm³/mol. The van der Waals surface area contributed by atoms with Crippen LogP contribution in [0.5, 0.6) is 0 Å². The topological polar surface area (TPSA) is 0 Å². The molecule has 0 atom stereocenters. The smallest absolute Gasteiger partial charge is 0.123 e. The van der Waals surface area contributed by atoms with Crippen LogP contribution in [0.3, 0.4) is 0 Å². The van der Waals surface area contributed by atoms with Gasteiger partial charge < -0.3 is 0 Å². The molecule has 25 heavy (non-hydrogen) atoms. The Morgan fingerprint density at radius 2 is 1.24 bits per heavy atom. The standard InChI is InChI=1S/C11H13F.C9H18.2C2H6/c12-11-7-5-10(6-8-11)9-3-1-2-4-9;1-2-6-9-7-4-3-5-8-9;2*1-2/h5-9H,1-4H2;9H,2-8H2,1H3;2*1-2H3. The molecule has 0 amide bonds. The average molecular weight is 351 g/mol. The molecule has 0 spiro atoms. The van der Waals surface area contributed by atoms with Crippen LogP contribution in [0.25, 0.3) is 0 Å². The predicted octanol–water partition coefficient (Wildman–Crippen LogP) is 8.90. The second kappa shape index (κ2) is 16.6. The molecule has 0 unspecified atom stereocenters. The van der Waals surface area contributed by atoms with Gasteiger partial charge in [-0.1, -0.05) is 105 Å². The van der Waals surface area contributed by atoms with Crippen molar-refractivity contribution in [3.05, 3.63) is 35.6 Å². The summed E-state index contributed by atoms with van der Waals surface area (Å²) in [5.41, 5.74) is 1.31. The molecule has 0 N–H and O–H groups in total. The molecule has 3 rings (SSSR count). The Hall–Kier alpha value is -0.850.